The van der Waals surface area contributed by atoms with Crippen molar-refractivity contribution in [2.75, 3.05) is 19.6 Å². The summed E-state index contributed by atoms with van der Waals surface area (Å²) in [4.78, 5) is 39.5. The zero-order chi connectivity index (χ0) is 32.7. The number of carbonyl (C=O) groups is 3. The monoisotopic (exact) mass is 634 g/mol. The summed E-state index contributed by atoms with van der Waals surface area (Å²) in [6, 6.07) is 0. The number of methoxy groups -OCH3 is 1. The molecule has 240 valence electrons. The summed E-state index contributed by atoms with van der Waals surface area (Å²) in [6.07, 6.45) is -0.608. The lowest BCUT2D eigenvalue weighted by Crippen LogP contribution is -2.54. The first-order valence-corrected chi connectivity index (χ1v) is 21.0. The first kappa shape index (κ1) is 40.2. The molecule has 0 amide bonds. The van der Waals surface area contributed by atoms with Crippen molar-refractivity contribution in [2.24, 2.45) is 17.8 Å². The number of hydrogen-bond donors (Lipinski definition) is 0. The van der Waals surface area contributed by atoms with Gasteiger partial charge in [0.2, 0.25) is 0 Å². The molecule has 0 aromatic carbocycles. The lowest BCUT2D eigenvalue weighted by molar-refractivity contribution is -0.163. The van der Waals surface area contributed by atoms with Crippen LogP contribution in [0.2, 0.25) is 36.3 Å². The number of rotatable bonds is 16. The fraction of sp³-hybridized carbons (Fsp3) is 0.839. The van der Waals surface area contributed by atoms with Crippen molar-refractivity contribution in [3.63, 3.8) is 0 Å². The van der Waals surface area contributed by atoms with E-state index in [9.17, 15) is 14.4 Å². The molecule has 6 atom stereocenters. The maximum atomic E-state index is 14.2. The van der Waals surface area contributed by atoms with Gasteiger partial charge in [-0.25, -0.2) is 4.79 Å². The molecule has 10 heteroatoms. The van der Waals surface area contributed by atoms with E-state index in [1.165, 1.54) is 7.11 Å². The molecule has 0 unspecified atom stereocenters. The maximum absolute atomic E-state index is 14.2. The molecule has 0 saturated heterocycles. The summed E-state index contributed by atoms with van der Waals surface area (Å²) in [6.45, 7) is 30.1. The smallest absolute Gasteiger partial charge is 0.336 e. The van der Waals surface area contributed by atoms with Gasteiger partial charge in [0.15, 0.2) is 22.7 Å². The van der Waals surface area contributed by atoms with Crippen molar-refractivity contribution >= 4 is 45.8 Å². The summed E-state index contributed by atoms with van der Waals surface area (Å²) in [5.74, 6) is -2.09. The molecule has 0 spiro atoms. The fourth-order valence-corrected chi connectivity index (χ4v) is 6.64. The summed E-state index contributed by atoms with van der Waals surface area (Å²) >= 11 is 5.80. The van der Waals surface area contributed by atoms with E-state index in [2.05, 4.69) is 54.6 Å². The second-order valence-corrected chi connectivity index (χ2v) is 24.3. The number of allylic oxidation sites excluding steroid dienone is 1. The minimum atomic E-state index is -2.46. The molecule has 41 heavy (non-hydrogen) atoms. The van der Waals surface area contributed by atoms with Crippen molar-refractivity contribution in [3.8, 4) is 0 Å². The van der Waals surface area contributed by atoms with Crippen molar-refractivity contribution in [1.29, 1.82) is 0 Å². The van der Waals surface area contributed by atoms with Crippen molar-refractivity contribution in [2.45, 2.75) is 131 Å². The SMILES string of the molecule is CO[C@@H]([C@H](C)C(=O)[C@H](C)[C@@H](O[Si](C)(C)C(C)(C)C)/C(C)=C/[C@H](C)C(C)=O)[C@@H](O[Si](C)(C)C(C)(C)C)C(=O)OCCCl. The molecule has 0 aromatic heterocycles. The Bertz CT molecular complexity index is 918. The Balaban J connectivity index is 6.64. The third-order valence-corrected chi connectivity index (χ3v) is 18.1. The van der Waals surface area contributed by atoms with Crippen LogP contribution in [-0.2, 0) is 32.7 Å². The molecule has 7 nitrogen and oxygen atoms in total. The topological polar surface area (TPSA) is 88.1 Å². The molecular formula is C31H59ClO7Si2. The summed E-state index contributed by atoms with van der Waals surface area (Å²) in [7, 11) is -3.29. The van der Waals surface area contributed by atoms with E-state index >= 15 is 0 Å². The van der Waals surface area contributed by atoms with Gasteiger partial charge in [-0.1, -0.05) is 68.4 Å². The Morgan fingerprint density at radius 2 is 1.24 bits per heavy atom. The predicted octanol–water partition coefficient (Wildman–Crippen LogP) is 7.58. The maximum Gasteiger partial charge on any atom is 0.336 e. The Kier molecular flexibility index (Phi) is 15.4. The quantitative estimate of drug-likeness (QED) is 0.0748. The van der Waals surface area contributed by atoms with Gasteiger partial charge in [0.25, 0.3) is 0 Å². The van der Waals surface area contributed by atoms with E-state index in [0.717, 1.165) is 5.57 Å². The first-order valence-electron chi connectivity index (χ1n) is 14.7. The van der Waals surface area contributed by atoms with Crippen LogP contribution in [0, 0.1) is 17.8 Å². The molecule has 0 rings (SSSR count). The highest BCUT2D eigenvalue weighted by Gasteiger charge is 2.48. The minimum absolute atomic E-state index is 0.0354. The Morgan fingerprint density at radius 3 is 1.61 bits per heavy atom. The van der Waals surface area contributed by atoms with Gasteiger partial charge in [0.05, 0.1) is 12.0 Å². The molecule has 0 aliphatic carbocycles. The molecule has 0 fully saturated rings. The van der Waals surface area contributed by atoms with Crippen LogP contribution >= 0.6 is 11.6 Å². The average molecular weight is 635 g/mol. The molecule has 0 radical (unpaired) electrons. The molecule has 0 saturated carbocycles. The van der Waals surface area contributed by atoms with Gasteiger partial charge in [0, 0.05) is 24.9 Å². The zero-order valence-electron chi connectivity index (χ0n) is 28.7. The number of Topliss-reactive ketones (excluding diaryl/α,β-unsaturated/α-hetero) is 2. The van der Waals surface area contributed by atoms with Crippen LogP contribution in [0.5, 0.6) is 0 Å². The molecule has 0 bridgehead atoms. The molecular weight excluding hydrogens is 576 g/mol. The fourth-order valence-electron chi connectivity index (χ4n) is 3.97. The lowest BCUT2D eigenvalue weighted by atomic mass is 9.83. The van der Waals surface area contributed by atoms with Crippen LogP contribution in [0.25, 0.3) is 0 Å². The number of ketones is 2. The first-order chi connectivity index (χ1) is 18.4. The Labute approximate surface area is 257 Å². The highest BCUT2D eigenvalue weighted by atomic mass is 35.5. The van der Waals surface area contributed by atoms with Gasteiger partial charge in [-0.05, 0) is 55.7 Å². The van der Waals surface area contributed by atoms with Crippen LogP contribution in [0.3, 0.4) is 0 Å². The highest BCUT2D eigenvalue weighted by molar-refractivity contribution is 6.74. The Morgan fingerprint density at radius 1 is 0.805 bits per heavy atom. The van der Waals surface area contributed by atoms with Gasteiger partial charge >= 0.3 is 5.97 Å². The van der Waals surface area contributed by atoms with E-state index < -0.39 is 52.8 Å². The zero-order valence-corrected chi connectivity index (χ0v) is 31.4. The van der Waals surface area contributed by atoms with Crippen LogP contribution < -0.4 is 0 Å². The standard InChI is InChI=1S/C31H59ClO7Si2/c1-20(24(5)33)19-21(2)26(38-40(13,14)30(6,7)8)22(3)25(34)23(4)27(36-12)28(29(35)37-18-17-32)39-41(15,16)31(9,10)11/h19-20,22-23,26-28H,17-18H2,1-16H3/b21-19+/t20-,22-,23+,26-,27-,28+/m0/s1. The molecule has 0 heterocycles. The van der Waals surface area contributed by atoms with E-state index in [1.807, 2.05) is 39.9 Å². The highest BCUT2D eigenvalue weighted by Crippen LogP contribution is 2.41. The van der Waals surface area contributed by atoms with Gasteiger partial charge in [-0.15, -0.1) is 11.6 Å². The number of esters is 1. The van der Waals surface area contributed by atoms with E-state index in [1.54, 1.807) is 13.8 Å². The van der Waals surface area contributed by atoms with Gasteiger partial charge < -0.3 is 18.3 Å². The van der Waals surface area contributed by atoms with Crippen molar-refractivity contribution < 1.29 is 32.7 Å². The van der Waals surface area contributed by atoms with Crippen LogP contribution in [0.4, 0.5) is 0 Å². The van der Waals surface area contributed by atoms with E-state index in [-0.39, 0.29) is 40.0 Å². The summed E-state index contributed by atoms with van der Waals surface area (Å²) in [5, 5.41) is -0.274. The lowest BCUT2D eigenvalue weighted by Gasteiger charge is -2.43. The van der Waals surface area contributed by atoms with Gasteiger partial charge in [0.1, 0.15) is 24.3 Å². The van der Waals surface area contributed by atoms with Crippen molar-refractivity contribution in [1.82, 2.24) is 0 Å². The number of carbonyl (C=O) groups excluding carboxylic acids is 3. The predicted molar refractivity (Wildman–Crippen MR) is 174 cm³/mol. The van der Waals surface area contributed by atoms with Gasteiger partial charge in [-0.3, -0.25) is 9.59 Å². The van der Waals surface area contributed by atoms with Crippen LogP contribution in [0.15, 0.2) is 11.6 Å². The van der Waals surface area contributed by atoms with E-state index in [4.69, 9.17) is 29.9 Å². The summed E-state index contributed by atoms with van der Waals surface area (Å²) < 4.78 is 24.7. The normalized spacial score (nSPS) is 18.2. The number of ether oxygens (including phenoxy) is 2. The Hall–Kier alpha value is -0.846. The number of halogens is 1. The van der Waals surface area contributed by atoms with Gasteiger partial charge in [-0.2, -0.15) is 0 Å². The third-order valence-electron chi connectivity index (χ3n) is 9.03. The molecule has 0 aromatic rings. The number of hydrogen-bond acceptors (Lipinski definition) is 7. The second-order valence-electron chi connectivity index (χ2n) is 14.4. The molecule has 0 N–H and O–H groups in total. The summed E-state index contributed by atoms with van der Waals surface area (Å²) in [5.41, 5.74) is 0.843. The minimum Gasteiger partial charge on any atom is -0.462 e. The average Bonchev–Trinajstić information content (AvgIpc) is 2.82. The van der Waals surface area contributed by atoms with E-state index in [0.29, 0.717) is 0 Å². The number of alkyl halides is 1. The van der Waals surface area contributed by atoms with Crippen LogP contribution in [0.1, 0.15) is 76.2 Å². The van der Waals surface area contributed by atoms with Crippen molar-refractivity contribution in [3.05, 3.63) is 11.6 Å². The molecule has 0 aliphatic rings. The largest absolute Gasteiger partial charge is 0.462 e. The van der Waals surface area contributed by atoms with Crippen LogP contribution in [-0.4, -0.2) is 72.1 Å². The molecule has 0 aliphatic heterocycles. The third kappa shape index (κ3) is 11.3. The second kappa shape index (κ2) is 15.8.